The second-order valence-corrected chi connectivity index (χ2v) is 3.84. The molecular weight excluding hydrogens is 205 g/mol. The summed E-state index contributed by atoms with van der Waals surface area (Å²) in [4.78, 5) is 2.07. The van der Waals surface area contributed by atoms with Crippen molar-refractivity contribution < 1.29 is 4.39 Å². The van der Waals surface area contributed by atoms with Gasteiger partial charge in [0.1, 0.15) is 17.4 Å². The lowest BCUT2D eigenvalue weighted by Crippen LogP contribution is -2.28. The zero-order chi connectivity index (χ0) is 11.4. The van der Waals surface area contributed by atoms with E-state index in [0.717, 1.165) is 32.6 Å². The van der Waals surface area contributed by atoms with Crippen molar-refractivity contribution in [2.45, 2.75) is 6.42 Å². The maximum Gasteiger partial charge on any atom is 0.143 e. The molecule has 4 heteroatoms. The number of nitriles is 1. The van der Waals surface area contributed by atoms with Crippen molar-refractivity contribution in [3.8, 4) is 6.07 Å². The van der Waals surface area contributed by atoms with Crippen LogP contribution >= 0.6 is 0 Å². The molecule has 0 saturated carbocycles. The van der Waals surface area contributed by atoms with Gasteiger partial charge < -0.3 is 10.2 Å². The number of halogens is 1. The average molecular weight is 219 g/mol. The standard InChI is InChI=1S/C12H14FN3/c13-11-3-1-4-12(10(11)9-14)16-7-2-5-15-6-8-16/h1,3-4,15H,2,5-8H2. The highest BCUT2D eigenvalue weighted by atomic mass is 19.1. The van der Waals surface area contributed by atoms with E-state index in [4.69, 9.17) is 5.26 Å². The molecule has 1 aromatic carbocycles. The Balaban J connectivity index is 2.31. The number of hydrogen-bond donors (Lipinski definition) is 1. The Hall–Kier alpha value is -1.60. The van der Waals surface area contributed by atoms with E-state index in [9.17, 15) is 4.39 Å². The van der Waals surface area contributed by atoms with Gasteiger partial charge in [-0.05, 0) is 25.1 Å². The van der Waals surface area contributed by atoms with Crippen molar-refractivity contribution in [1.29, 1.82) is 5.26 Å². The van der Waals surface area contributed by atoms with Gasteiger partial charge >= 0.3 is 0 Å². The number of rotatable bonds is 1. The topological polar surface area (TPSA) is 39.1 Å². The summed E-state index contributed by atoms with van der Waals surface area (Å²) in [6, 6.07) is 6.74. The van der Waals surface area contributed by atoms with Crippen LogP contribution in [0.2, 0.25) is 0 Å². The first kappa shape index (κ1) is 10.9. The van der Waals surface area contributed by atoms with Gasteiger partial charge in [-0.15, -0.1) is 0 Å². The van der Waals surface area contributed by atoms with Gasteiger partial charge in [0.05, 0.1) is 5.69 Å². The van der Waals surface area contributed by atoms with E-state index in [0.29, 0.717) is 5.69 Å². The molecule has 0 aliphatic carbocycles. The summed E-state index contributed by atoms with van der Waals surface area (Å²) in [5, 5.41) is 12.2. The zero-order valence-electron chi connectivity index (χ0n) is 9.04. The maximum absolute atomic E-state index is 13.4. The molecule has 16 heavy (non-hydrogen) atoms. The summed E-state index contributed by atoms with van der Waals surface area (Å²) in [5.41, 5.74) is 0.871. The quantitative estimate of drug-likeness (QED) is 0.778. The molecule has 0 bridgehead atoms. The van der Waals surface area contributed by atoms with Crippen molar-refractivity contribution in [3.63, 3.8) is 0 Å². The van der Waals surface area contributed by atoms with E-state index in [2.05, 4.69) is 10.2 Å². The van der Waals surface area contributed by atoms with Crippen LogP contribution in [0.15, 0.2) is 18.2 Å². The van der Waals surface area contributed by atoms with Gasteiger partial charge in [-0.2, -0.15) is 5.26 Å². The third-order valence-corrected chi connectivity index (χ3v) is 2.78. The number of hydrogen-bond acceptors (Lipinski definition) is 3. The Kier molecular flexibility index (Phi) is 3.37. The van der Waals surface area contributed by atoms with Gasteiger partial charge in [-0.3, -0.25) is 0 Å². The Bertz CT molecular complexity index is 403. The number of benzene rings is 1. The van der Waals surface area contributed by atoms with Crippen molar-refractivity contribution >= 4 is 5.69 Å². The lowest BCUT2D eigenvalue weighted by atomic mass is 10.1. The van der Waals surface area contributed by atoms with Crippen LogP contribution in [0.25, 0.3) is 0 Å². The van der Waals surface area contributed by atoms with Crippen molar-refractivity contribution in [2.24, 2.45) is 0 Å². The van der Waals surface area contributed by atoms with Crippen LogP contribution in [0, 0.1) is 17.1 Å². The molecule has 2 rings (SSSR count). The normalized spacial score (nSPS) is 16.6. The predicted molar refractivity (Wildman–Crippen MR) is 60.8 cm³/mol. The first-order valence-electron chi connectivity index (χ1n) is 5.47. The highest BCUT2D eigenvalue weighted by Gasteiger charge is 2.15. The van der Waals surface area contributed by atoms with E-state index >= 15 is 0 Å². The van der Waals surface area contributed by atoms with Crippen molar-refractivity contribution in [3.05, 3.63) is 29.6 Å². The van der Waals surface area contributed by atoms with Crippen LogP contribution in [0.3, 0.4) is 0 Å². The van der Waals surface area contributed by atoms with Gasteiger partial charge in [0.2, 0.25) is 0 Å². The lowest BCUT2D eigenvalue weighted by Gasteiger charge is -2.23. The van der Waals surface area contributed by atoms with Crippen LogP contribution in [-0.2, 0) is 0 Å². The van der Waals surface area contributed by atoms with Crippen molar-refractivity contribution in [2.75, 3.05) is 31.1 Å². The lowest BCUT2D eigenvalue weighted by molar-refractivity contribution is 0.622. The molecule has 1 aliphatic rings. The Morgan fingerprint density at radius 3 is 3.00 bits per heavy atom. The van der Waals surface area contributed by atoms with Crippen LogP contribution in [0.4, 0.5) is 10.1 Å². The van der Waals surface area contributed by atoms with E-state index in [1.807, 2.05) is 12.1 Å². The van der Waals surface area contributed by atoms with Gasteiger partial charge in [0.15, 0.2) is 0 Å². The SMILES string of the molecule is N#Cc1c(F)cccc1N1CCCNCC1. The molecule has 0 spiro atoms. The van der Waals surface area contributed by atoms with E-state index in [1.54, 1.807) is 6.07 Å². The first-order valence-corrected chi connectivity index (χ1v) is 5.47. The fourth-order valence-corrected chi connectivity index (χ4v) is 1.97. The Morgan fingerprint density at radius 2 is 2.19 bits per heavy atom. The smallest absolute Gasteiger partial charge is 0.143 e. The van der Waals surface area contributed by atoms with Crippen LogP contribution in [-0.4, -0.2) is 26.2 Å². The maximum atomic E-state index is 13.4. The molecule has 84 valence electrons. The minimum absolute atomic E-state index is 0.157. The fourth-order valence-electron chi connectivity index (χ4n) is 1.97. The summed E-state index contributed by atoms with van der Waals surface area (Å²) < 4.78 is 13.4. The Morgan fingerprint density at radius 1 is 1.31 bits per heavy atom. The number of nitrogens with one attached hydrogen (secondary N) is 1. The van der Waals surface area contributed by atoms with Crippen molar-refractivity contribution in [1.82, 2.24) is 5.32 Å². The highest BCUT2D eigenvalue weighted by Crippen LogP contribution is 2.22. The molecule has 1 heterocycles. The summed E-state index contributed by atoms with van der Waals surface area (Å²) >= 11 is 0. The predicted octanol–water partition coefficient (Wildman–Crippen LogP) is 1.50. The fraction of sp³-hybridized carbons (Fsp3) is 0.417. The monoisotopic (exact) mass is 219 g/mol. The summed E-state index contributed by atoms with van der Waals surface area (Å²) in [6.07, 6.45) is 1.02. The molecule has 0 amide bonds. The van der Waals surface area contributed by atoms with E-state index in [-0.39, 0.29) is 5.56 Å². The van der Waals surface area contributed by atoms with Gasteiger partial charge in [-0.25, -0.2) is 4.39 Å². The number of anilines is 1. The second-order valence-electron chi connectivity index (χ2n) is 3.84. The molecule has 0 aromatic heterocycles. The Labute approximate surface area is 94.5 Å². The first-order chi connectivity index (χ1) is 7.83. The number of nitrogens with zero attached hydrogens (tertiary/aromatic N) is 2. The molecule has 3 nitrogen and oxygen atoms in total. The molecule has 1 saturated heterocycles. The molecule has 1 aliphatic heterocycles. The third kappa shape index (κ3) is 2.15. The largest absolute Gasteiger partial charge is 0.369 e. The minimum Gasteiger partial charge on any atom is -0.369 e. The summed E-state index contributed by atoms with van der Waals surface area (Å²) in [5.74, 6) is -0.433. The van der Waals surface area contributed by atoms with E-state index in [1.165, 1.54) is 6.07 Å². The molecule has 1 N–H and O–H groups in total. The third-order valence-electron chi connectivity index (χ3n) is 2.78. The molecule has 0 unspecified atom stereocenters. The average Bonchev–Trinajstić information content (AvgIpc) is 2.57. The van der Waals surface area contributed by atoms with Gasteiger partial charge in [0, 0.05) is 19.6 Å². The molecule has 0 atom stereocenters. The van der Waals surface area contributed by atoms with Crippen LogP contribution in [0.5, 0.6) is 0 Å². The minimum atomic E-state index is -0.433. The summed E-state index contributed by atoms with van der Waals surface area (Å²) in [6.45, 7) is 3.54. The second kappa shape index (κ2) is 4.95. The molecule has 0 radical (unpaired) electrons. The summed E-state index contributed by atoms with van der Waals surface area (Å²) in [7, 11) is 0. The van der Waals surface area contributed by atoms with E-state index < -0.39 is 5.82 Å². The molecule has 1 fully saturated rings. The van der Waals surface area contributed by atoms with Gasteiger partial charge in [0.25, 0.3) is 0 Å². The molecule has 1 aromatic rings. The van der Waals surface area contributed by atoms with Crippen LogP contribution in [0.1, 0.15) is 12.0 Å². The van der Waals surface area contributed by atoms with Gasteiger partial charge in [-0.1, -0.05) is 6.07 Å². The van der Waals surface area contributed by atoms with Crippen LogP contribution < -0.4 is 10.2 Å². The molecular formula is C12H14FN3. The zero-order valence-corrected chi connectivity index (χ0v) is 9.04. The highest BCUT2D eigenvalue weighted by molar-refractivity contribution is 5.59.